The lowest BCUT2D eigenvalue weighted by molar-refractivity contribution is 0.654. The number of aryl methyl sites for hydroxylation is 2. The van der Waals surface area contributed by atoms with Crippen LogP contribution >= 0.6 is 0 Å². The Hall–Kier alpha value is -1.70. The number of para-hydroxylation sites is 1. The highest BCUT2D eigenvalue weighted by molar-refractivity contribution is 5.51. The Morgan fingerprint density at radius 1 is 1.06 bits per heavy atom. The number of anilines is 1. The molecule has 96 valence electrons. The summed E-state index contributed by atoms with van der Waals surface area (Å²) >= 11 is 0. The third-order valence-electron chi connectivity index (χ3n) is 3.25. The summed E-state index contributed by atoms with van der Waals surface area (Å²) in [5.41, 5.74) is 3.98. The first-order valence-electron chi connectivity index (χ1n) is 6.81. The minimum Gasteiger partial charge on any atom is -0.379 e. The van der Waals surface area contributed by atoms with Crippen LogP contribution in [0, 0.1) is 0 Å². The fourth-order valence-electron chi connectivity index (χ4n) is 2.26. The highest BCUT2D eigenvalue weighted by atomic mass is 15.0. The van der Waals surface area contributed by atoms with Crippen molar-refractivity contribution in [2.45, 2.75) is 39.8 Å². The van der Waals surface area contributed by atoms with Crippen LogP contribution in [0.4, 0.5) is 5.69 Å². The summed E-state index contributed by atoms with van der Waals surface area (Å²) in [5.74, 6) is 0. The zero-order chi connectivity index (χ0) is 12.8. The number of benzene rings is 1. The van der Waals surface area contributed by atoms with E-state index in [1.807, 2.05) is 0 Å². The predicted octanol–water partition coefficient (Wildman–Crippen LogP) is 4.07. The quantitative estimate of drug-likeness (QED) is 0.808. The number of nitrogens with one attached hydrogen (secondary N) is 1. The van der Waals surface area contributed by atoms with Crippen LogP contribution < -0.4 is 5.32 Å². The Bertz CT molecular complexity index is 485. The van der Waals surface area contributed by atoms with Crippen LogP contribution in [0.15, 0.2) is 42.6 Å². The maximum atomic E-state index is 3.54. The van der Waals surface area contributed by atoms with Gasteiger partial charge in [-0.05, 0) is 36.6 Å². The van der Waals surface area contributed by atoms with Crippen molar-refractivity contribution in [3.63, 3.8) is 0 Å². The van der Waals surface area contributed by atoms with Gasteiger partial charge in [-0.1, -0.05) is 32.0 Å². The summed E-state index contributed by atoms with van der Waals surface area (Å²) in [5, 5.41) is 3.54. The maximum Gasteiger partial charge on any atom is 0.0553 e. The molecule has 1 aromatic heterocycles. The van der Waals surface area contributed by atoms with Gasteiger partial charge >= 0.3 is 0 Å². The summed E-state index contributed by atoms with van der Waals surface area (Å²) in [4.78, 5) is 0. The van der Waals surface area contributed by atoms with Gasteiger partial charge < -0.3 is 9.88 Å². The van der Waals surface area contributed by atoms with Crippen molar-refractivity contribution in [3.05, 3.63) is 53.9 Å². The Morgan fingerprint density at radius 3 is 2.67 bits per heavy atom. The predicted molar refractivity (Wildman–Crippen MR) is 77.9 cm³/mol. The average Bonchev–Trinajstić information content (AvgIpc) is 2.84. The van der Waals surface area contributed by atoms with E-state index in [-0.39, 0.29) is 0 Å². The summed E-state index contributed by atoms with van der Waals surface area (Å²) in [7, 11) is 0. The SMILES string of the molecule is CCCn1cccc1CNc1ccccc1CC. The zero-order valence-corrected chi connectivity index (χ0v) is 11.3. The summed E-state index contributed by atoms with van der Waals surface area (Å²) < 4.78 is 2.32. The van der Waals surface area contributed by atoms with Gasteiger partial charge in [-0.25, -0.2) is 0 Å². The molecule has 2 nitrogen and oxygen atoms in total. The molecule has 0 saturated carbocycles. The Balaban J connectivity index is 2.04. The molecule has 0 fully saturated rings. The van der Waals surface area contributed by atoms with Crippen LogP contribution in [-0.2, 0) is 19.5 Å². The summed E-state index contributed by atoms with van der Waals surface area (Å²) in [6, 6.07) is 12.9. The van der Waals surface area contributed by atoms with Gasteiger partial charge in [-0.2, -0.15) is 0 Å². The monoisotopic (exact) mass is 242 g/mol. The minimum absolute atomic E-state index is 0.893. The third kappa shape index (κ3) is 2.95. The first-order valence-corrected chi connectivity index (χ1v) is 6.81. The van der Waals surface area contributed by atoms with Gasteiger partial charge in [-0.15, -0.1) is 0 Å². The van der Waals surface area contributed by atoms with Gasteiger partial charge in [0.1, 0.15) is 0 Å². The third-order valence-corrected chi connectivity index (χ3v) is 3.25. The highest BCUT2D eigenvalue weighted by Crippen LogP contribution is 2.16. The van der Waals surface area contributed by atoms with Gasteiger partial charge in [0.05, 0.1) is 6.54 Å². The van der Waals surface area contributed by atoms with Gasteiger partial charge in [0.15, 0.2) is 0 Å². The average molecular weight is 242 g/mol. The van der Waals surface area contributed by atoms with E-state index in [1.165, 1.54) is 23.4 Å². The van der Waals surface area contributed by atoms with E-state index in [0.717, 1.165) is 19.5 Å². The van der Waals surface area contributed by atoms with Crippen LogP contribution in [0.2, 0.25) is 0 Å². The Kier molecular flexibility index (Phi) is 4.46. The van der Waals surface area contributed by atoms with Gasteiger partial charge in [0.25, 0.3) is 0 Å². The lowest BCUT2D eigenvalue weighted by Crippen LogP contribution is -2.08. The molecule has 0 amide bonds. The first-order chi connectivity index (χ1) is 8.85. The number of rotatable bonds is 6. The molecule has 0 atom stereocenters. The molecule has 18 heavy (non-hydrogen) atoms. The number of hydrogen-bond acceptors (Lipinski definition) is 1. The number of nitrogens with zero attached hydrogens (tertiary/aromatic N) is 1. The molecule has 1 N–H and O–H groups in total. The normalized spacial score (nSPS) is 10.6. The molecule has 0 bridgehead atoms. The van der Waals surface area contributed by atoms with E-state index in [9.17, 15) is 0 Å². The smallest absolute Gasteiger partial charge is 0.0553 e. The second-order valence-electron chi connectivity index (χ2n) is 4.56. The van der Waals surface area contributed by atoms with Crippen molar-refractivity contribution < 1.29 is 0 Å². The molecule has 0 unspecified atom stereocenters. The standard InChI is InChI=1S/C16H22N2/c1-3-11-18-12-7-9-15(18)13-17-16-10-6-5-8-14(16)4-2/h5-10,12,17H,3-4,11,13H2,1-2H3. The largest absolute Gasteiger partial charge is 0.379 e. The molecule has 1 aromatic carbocycles. The van der Waals surface area contributed by atoms with Crippen LogP contribution in [-0.4, -0.2) is 4.57 Å². The summed E-state index contributed by atoms with van der Waals surface area (Å²) in [6.45, 7) is 6.40. The molecule has 0 radical (unpaired) electrons. The van der Waals surface area contributed by atoms with E-state index < -0.39 is 0 Å². The molecule has 0 aliphatic heterocycles. The molecule has 2 heteroatoms. The van der Waals surface area contributed by atoms with Gasteiger partial charge in [-0.3, -0.25) is 0 Å². The van der Waals surface area contributed by atoms with Crippen molar-refractivity contribution >= 4 is 5.69 Å². The van der Waals surface area contributed by atoms with Crippen LogP contribution in [0.25, 0.3) is 0 Å². The molecular weight excluding hydrogens is 220 g/mol. The molecule has 2 rings (SSSR count). The van der Waals surface area contributed by atoms with E-state index in [0.29, 0.717) is 0 Å². The van der Waals surface area contributed by atoms with Gasteiger partial charge in [0, 0.05) is 24.1 Å². The summed E-state index contributed by atoms with van der Waals surface area (Å²) in [6.07, 6.45) is 4.40. The zero-order valence-electron chi connectivity index (χ0n) is 11.3. The van der Waals surface area contributed by atoms with E-state index in [2.05, 4.69) is 66.3 Å². The molecule has 0 aliphatic carbocycles. The molecule has 0 spiro atoms. The van der Waals surface area contributed by atoms with Crippen LogP contribution in [0.5, 0.6) is 0 Å². The fourth-order valence-corrected chi connectivity index (χ4v) is 2.26. The minimum atomic E-state index is 0.893. The van der Waals surface area contributed by atoms with Crippen molar-refractivity contribution in [3.8, 4) is 0 Å². The Morgan fingerprint density at radius 2 is 1.89 bits per heavy atom. The Labute approximate surface area is 110 Å². The second kappa shape index (κ2) is 6.29. The van der Waals surface area contributed by atoms with E-state index >= 15 is 0 Å². The van der Waals surface area contributed by atoms with Crippen LogP contribution in [0.3, 0.4) is 0 Å². The van der Waals surface area contributed by atoms with Crippen molar-refractivity contribution in [2.24, 2.45) is 0 Å². The lowest BCUT2D eigenvalue weighted by Gasteiger charge is -2.12. The molecular formula is C16H22N2. The van der Waals surface area contributed by atoms with E-state index in [4.69, 9.17) is 0 Å². The van der Waals surface area contributed by atoms with Crippen molar-refractivity contribution in [1.29, 1.82) is 0 Å². The molecule has 2 aromatic rings. The highest BCUT2D eigenvalue weighted by Gasteiger charge is 2.02. The molecule has 0 aliphatic rings. The van der Waals surface area contributed by atoms with Crippen molar-refractivity contribution in [2.75, 3.05) is 5.32 Å². The fraction of sp³-hybridized carbons (Fsp3) is 0.375. The second-order valence-corrected chi connectivity index (χ2v) is 4.56. The molecule has 1 heterocycles. The van der Waals surface area contributed by atoms with Crippen molar-refractivity contribution in [1.82, 2.24) is 4.57 Å². The van der Waals surface area contributed by atoms with Crippen LogP contribution in [0.1, 0.15) is 31.5 Å². The van der Waals surface area contributed by atoms with Gasteiger partial charge in [0.2, 0.25) is 0 Å². The lowest BCUT2D eigenvalue weighted by atomic mass is 10.1. The first kappa shape index (κ1) is 12.7. The van der Waals surface area contributed by atoms with E-state index in [1.54, 1.807) is 0 Å². The topological polar surface area (TPSA) is 17.0 Å². The molecule has 0 saturated heterocycles. The number of hydrogen-bond donors (Lipinski definition) is 1. The number of aromatic nitrogens is 1. The maximum absolute atomic E-state index is 3.54.